The number of amides is 2. The molecular weight excluding hydrogens is 402 g/mol. The van der Waals surface area contributed by atoms with E-state index in [1.54, 1.807) is 26.2 Å². The lowest BCUT2D eigenvalue weighted by atomic mass is 10.1. The van der Waals surface area contributed by atoms with E-state index < -0.39 is 5.25 Å². The van der Waals surface area contributed by atoms with Crippen molar-refractivity contribution < 1.29 is 9.53 Å². The molecule has 0 aliphatic carbocycles. The Balaban J connectivity index is 1.96. The van der Waals surface area contributed by atoms with E-state index >= 15 is 0 Å². The third-order valence-corrected chi connectivity index (χ3v) is 5.31. The molecule has 1 aliphatic heterocycles. The number of ether oxygens (including phenoxy) is 1. The molecule has 0 spiro atoms. The van der Waals surface area contributed by atoms with Crippen molar-refractivity contribution in [2.75, 3.05) is 44.1 Å². The smallest absolute Gasteiger partial charge is 0.321 e. The minimum absolute atomic E-state index is 0.0781. The van der Waals surface area contributed by atoms with Gasteiger partial charge in [0.05, 0.1) is 24.9 Å². The molecule has 160 valence electrons. The molecule has 2 amide bonds. The molecule has 0 saturated carbocycles. The maximum atomic E-state index is 11.8. The molecule has 9 nitrogen and oxygen atoms in total. The molecule has 30 heavy (non-hydrogen) atoms. The topological polar surface area (TPSA) is 120 Å². The van der Waals surface area contributed by atoms with Crippen LogP contribution < -0.4 is 16.0 Å². The average molecular weight is 430 g/mol. The first-order chi connectivity index (χ1) is 14.3. The van der Waals surface area contributed by atoms with Gasteiger partial charge in [-0.25, -0.2) is 14.8 Å². The Morgan fingerprint density at radius 1 is 1.37 bits per heavy atom. The van der Waals surface area contributed by atoms with Crippen LogP contribution in [0.15, 0.2) is 30.3 Å². The van der Waals surface area contributed by atoms with Crippen LogP contribution in [0.5, 0.6) is 0 Å². The van der Waals surface area contributed by atoms with Crippen molar-refractivity contribution in [3.8, 4) is 11.4 Å². The fourth-order valence-electron chi connectivity index (χ4n) is 3.03. The first-order valence-corrected chi connectivity index (χ1v) is 10.1. The number of aromatic nitrogens is 2. The molecule has 3 rings (SSSR count). The van der Waals surface area contributed by atoms with Crippen molar-refractivity contribution >= 4 is 36.0 Å². The van der Waals surface area contributed by atoms with Gasteiger partial charge in [-0.05, 0) is 31.2 Å². The summed E-state index contributed by atoms with van der Waals surface area (Å²) in [7, 11) is 3.36. The van der Waals surface area contributed by atoms with E-state index in [0.717, 1.165) is 11.4 Å². The van der Waals surface area contributed by atoms with Gasteiger partial charge in [0.25, 0.3) is 0 Å². The van der Waals surface area contributed by atoms with Gasteiger partial charge in [-0.3, -0.25) is 5.41 Å². The van der Waals surface area contributed by atoms with Gasteiger partial charge in [0, 0.05) is 38.0 Å². The van der Waals surface area contributed by atoms with Crippen LogP contribution in [0.3, 0.4) is 0 Å². The number of nitrogens with one attached hydrogen (secondary N) is 2. The van der Waals surface area contributed by atoms with E-state index in [9.17, 15) is 4.79 Å². The lowest BCUT2D eigenvalue weighted by Crippen LogP contribution is -2.44. The molecule has 2 atom stereocenters. The summed E-state index contributed by atoms with van der Waals surface area (Å²) in [6.45, 7) is 4.03. The SMILES string of the molecule is C[C@H]1COCCN1c1cc(C(S)C(=N)N)nc(-c2ccc(NC(=O)N(C)C)cc2)n1. The summed E-state index contributed by atoms with van der Waals surface area (Å²) in [5, 5.41) is 9.93. The highest BCUT2D eigenvalue weighted by Gasteiger charge is 2.23. The second-order valence-electron chi connectivity index (χ2n) is 7.35. The summed E-state index contributed by atoms with van der Waals surface area (Å²) >= 11 is 4.45. The molecule has 1 saturated heterocycles. The minimum Gasteiger partial charge on any atom is -0.386 e. The van der Waals surface area contributed by atoms with Gasteiger partial charge >= 0.3 is 6.03 Å². The number of nitrogens with zero attached hydrogens (tertiary/aromatic N) is 4. The number of morpholine rings is 1. The summed E-state index contributed by atoms with van der Waals surface area (Å²) < 4.78 is 5.53. The number of thiol groups is 1. The lowest BCUT2D eigenvalue weighted by Gasteiger charge is -2.34. The Morgan fingerprint density at radius 2 is 2.07 bits per heavy atom. The molecule has 2 aromatic rings. The number of urea groups is 1. The van der Waals surface area contributed by atoms with E-state index in [1.807, 2.05) is 18.2 Å². The van der Waals surface area contributed by atoms with E-state index in [2.05, 4.69) is 34.8 Å². The van der Waals surface area contributed by atoms with E-state index in [1.165, 1.54) is 4.90 Å². The second-order valence-corrected chi connectivity index (χ2v) is 7.87. The number of rotatable bonds is 5. The molecule has 10 heteroatoms. The number of hydrogen-bond donors (Lipinski definition) is 4. The van der Waals surface area contributed by atoms with Crippen molar-refractivity contribution in [1.82, 2.24) is 14.9 Å². The van der Waals surface area contributed by atoms with E-state index in [0.29, 0.717) is 37.0 Å². The van der Waals surface area contributed by atoms with Gasteiger partial charge in [0.15, 0.2) is 5.82 Å². The standard InChI is InChI=1S/C20H27N7O2S/c1-12-11-29-9-8-27(12)16-10-15(17(30)18(21)22)24-19(25-16)13-4-6-14(7-5-13)23-20(28)26(2)3/h4-7,10,12,17,30H,8-9,11H2,1-3H3,(H3,21,22)(H,23,28)/t12-,17?/m0/s1. The zero-order valence-electron chi connectivity index (χ0n) is 17.3. The third-order valence-electron chi connectivity index (χ3n) is 4.77. The summed E-state index contributed by atoms with van der Waals surface area (Å²) in [5.74, 6) is 1.17. The molecular formula is C20H27N7O2S. The van der Waals surface area contributed by atoms with E-state index in [4.69, 9.17) is 20.9 Å². The monoisotopic (exact) mass is 429 g/mol. The number of amidine groups is 1. The molecule has 1 aliphatic rings. The maximum absolute atomic E-state index is 11.8. The van der Waals surface area contributed by atoms with Gasteiger partial charge in [-0.2, -0.15) is 12.6 Å². The van der Waals surface area contributed by atoms with Crippen LogP contribution in [-0.4, -0.2) is 66.6 Å². The molecule has 4 N–H and O–H groups in total. The first-order valence-electron chi connectivity index (χ1n) is 9.60. The summed E-state index contributed by atoms with van der Waals surface area (Å²) in [4.78, 5) is 24.8. The Hall–Kier alpha value is -2.85. The highest BCUT2D eigenvalue weighted by atomic mass is 32.1. The largest absolute Gasteiger partial charge is 0.386 e. The summed E-state index contributed by atoms with van der Waals surface area (Å²) in [5.41, 5.74) is 7.69. The normalized spacial score (nSPS) is 17.3. The van der Waals surface area contributed by atoms with Crippen LogP contribution in [0.4, 0.5) is 16.3 Å². The van der Waals surface area contributed by atoms with Crippen molar-refractivity contribution in [3.05, 3.63) is 36.0 Å². The van der Waals surface area contributed by atoms with Gasteiger partial charge in [-0.1, -0.05) is 0 Å². The Labute approximate surface area is 181 Å². The van der Waals surface area contributed by atoms with Crippen LogP contribution in [-0.2, 0) is 4.74 Å². The fraction of sp³-hybridized carbons (Fsp3) is 0.400. The first kappa shape index (κ1) is 21.8. The van der Waals surface area contributed by atoms with Crippen molar-refractivity contribution in [3.63, 3.8) is 0 Å². The van der Waals surface area contributed by atoms with Crippen LogP contribution in [0.1, 0.15) is 17.9 Å². The van der Waals surface area contributed by atoms with Crippen LogP contribution in [0.2, 0.25) is 0 Å². The quantitative estimate of drug-likeness (QED) is 0.329. The van der Waals surface area contributed by atoms with Gasteiger partial charge in [0.2, 0.25) is 0 Å². The summed E-state index contributed by atoms with van der Waals surface area (Å²) in [6.07, 6.45) is 0. The molecule has 0 bridgehead atoms. The van der Waals surface area contributed by atoms with Gasteiger partial charge in [-0.15, -0.1) is 0 Å². The zero-order chi connectivity index (χ0) is 21.8. The minimum atomic E-state index is -0.625. The molecule has 1 fully saturated rings. The number of nitrogens with two attached hydrogens (primary N) is 1. The van der Waals surface area contributed by atoms with Gasteiger partial charge in [0.1, 0.15) is 16.9 Å². The molecule has 0 radical (unpaired) electrons. The number of anilines is 2. The summed E-state index contributed by atoms with van der Waals surface area (Å²) in [6, 6.07) is 9.07. The number of carbonyl (C=O) groups excluding carboxylic acids is 1. The molecule has 1 aromatic heterocycles. The van der Waals surface area contributed by atoms with Crippen LogP contribution >= 0.6 is 12.6 Å². The second kappa shape index (κ2) is 9.31. The number of carbonyl (C=O) groups is 1. The van der Waals surface area contributed by atoms with E-state index in [-0.39, 0.29) is 17.9 Å². The number of hydrogen-bond acceptors (Lipinski definition) is 7. The lowest BCUT2D eigenvalue weighted by molar-refractivity contribution is 0.0985. The fourth-order valence-corrected chi connectivity index (χ4v) is 3.17. The van der Waals surface area contributed by atoms with Crippen molar-refractivity contribution in [2.45, 2.75) is 18.2 Å². The Bertz CT molecular complexity index is 920. The Morgan fingerprint density at radius 3 is 2.67 bits per heavy atom. The maximum Gasteiger partial charge on any atom is 0.321 e. The molecule has 1 aromatic carbocycles. The number of benzene rings is 1. The predicted molar refractivity (Wildman–Crippen MR) is 121 cm³/mol. The predicted octanol–water partition coefficient (Wildman–Crippen LogP) is 2.37. The highest BCUT2D eigenvalue weighted by Crippen LogP contribution is 2.28. The highest BCUT2D eigenvalue weighted by molar-refractivity contribution is 7.81. The van der Waals surface area contributed by atoms with Crippen molar-refractivity contribution in [1.29, 1.82) is 5.41 Å². The van der Waals surface area contributed by atoms with Crippen molar-refractivity contribution in [2.24, 2.45) is 5.73 Å². The van der Waals surface area contributed by atoms with Crippen LogP contribution in [0.25, 0.3) is 11.4 Å². The van der Waals surface area contributed by atoms with Gasteiger partial charge < -0.3 is 25.6 Å². The third kappa shape index (κ3) is 5.00. The Kier molecular flexibility index (Phi) is 6.78. The average Bonchev–Trinajstić information content (AvgIpc) is 2.73. The molecule has 2 heterocycles. The molecule has 1 unspecified atom stereocenters. The zero-order valence-corrected chi connectivity index (χ0v) is 18.2. The van der Waals surface area contributed by atoms with Crippen LogP contribution in [0, 0.1) is 5.41 Å².